The average Bonchev–Trinajstić information content (AvgIpc) is 2.81. The zero-order valence-corrected chi connectivity index (χ0v) is 17.7. The van der Waals surface area contributed by atoms with E-state index >= 15 is 0 Å². The zero-order chi connectivity index (χ0) is 22.7. The Labute approximate surface area is 189 Å². The molecule has 4 N–H and O–H groups in total. The van der Waals surface area contributed by atoms with Crippen LogP contribution in [0.25, 0.3) is 0 Å². The summed E-state index contributed by atoms with van der Waals surface area (Å²) in [5.74, 6) is 0.598. The maximum atomic E-state index is 10.4. The molecule has 168 valence electrons. The van der Waals surface area contributed by atoms with Gasteiger partial charge in [0.2, 0.25) is 0 Å². The monoisotopic (exact) mass is 458 g/mol. The van der Waals surface area contributed by atoms with Crippen molar-refractivity contribution in [3.63, 3.8) is 0 Å². The number of halogens is 1. The normalized spacial score (nSPS) is 25.5. The molecule has 0 bridgehead atoms. The summed E-state index contributed by atoms with van der Waals surface area (Å²) in [6.07, 6.45) is -2.37. The highest BCUT2D eigenvalue weighted by molar-refractivity contribution is 6.31. The quantitative estimate of drug-likeness (QED) is 0.442. The van der Waals surface area contributed by atoms with Gasteiger partial charge in [0, 0.05) is 17.4 Å². The Kier molecular flexibility index (Phi) is 7.00. The van der Waals surface area contributed by atoms with E-state index in [4.69, 9.17) is 21.1 Å². The Morgan fingerprint density at radius 2 is 1.66 bits per heavy atom. The maximum Gasteiger partial charge on any atom is 0.321 e. The Hall–Kier alpha value is -2.59. The number of aliphatic hydroxyl groups is 4. The maximum absolute atomic E-state index is 10.4. The fourth-order valence-corrected chi connectivity index (χ4v) is 3.81. The standard InChI is InChI=1S/C23H23ClN2O6/c24-17-7-4-14(22-21(30)20(29)19(28)18(12-27)32-22)11-15(17)10-13-2-5-16(6-3-13)31-23-25-8-1-9-26-23/h1-9,11,18-22,27-30H,10,12H2/t18-,19-,20+,21-,22+/m1/s1. The van der Waals surface area contributed by atoms with Crippen LogP contribution >= 0.6 is 11.6 Å². The first-order valence-electron chi connectivity index (χ1n) is 10.1. The van der Waals surface area contributed by atoms with Crippen LogP contribution in [0.4, 0.5) is 0 Å². The lowest BCUT2D eigenvalue weighted by Crippen LogP contribution is -2.55. The predicted molar refractivity (Wildman–Crippen MR) is 116 cm³/mol. The van der Waals surface area contributed by atoms with Gasteiger partial charge in [-0.15, -0.1) is 0 Å². The van der Waals surface area contributed by atoms with Crippen LogP contribution in [0.3, 0.4) is 0 Å². The lowest BCUT2D eigenvalue weighted by Gasteiger charge is -2.40. The minimum atomic E-state index is -1.44. The van der Waals surface area contributed by atoms with Crippen molar-refractivity contribution in [3.8, 4) is 11.8 Å². The van der Waals surface area contributed by atoms with Gasteiger partial charge in [0.05, 0.1) is 6.61 Å². The summed E-state index contributed by atoms with van der Waals surface area (Å²) < 4.78 is 11.3. The van der Waals surface area contributed by atoms with Crippen molar-refractivity contribution >= 4 is 11.6 Å². The number of ether oxygens (including phenoxy) is 2. The SMILES string of the molecule is OC[C@H]1O[C@@H](c2ccc(Cl)c(Cc3ccc(Oc4ncccn4)cc3)c2)[C@H](O)[C@@H](O)[C@@H]1O. The summed E-state index contributed by atoms with van der Waals surface area (Å²) in [6.45, 7) is -0.482. The molecular formula is C23H23ClN2O6. The van der Waals surface area contributed by atoms with Crippen molar-refractivity contribution in [2.45, 2.75) is 36.9 Å². The van der Waals surface area contributed by atoms with Crippen LogP contribution in [0.2, 0.25) is 5.02 Å². The van der Waals surface area contributed by atoms with Crippen molar-refractivity contribution in [1.82, 2.24) is 9.97 Å². The van der Waals surface area contributed by atoms with Crippen molar-refractivity contribution in [3.05, 3.63) is 82.6 Å². The fourth-order valence-electron chi connectivity index (χ4n) is 3.62. The fraction of sp³-hybridized carbons (Fsp3) is 0.304. The minimum absolute atomic E-state index is 0.260. The van der Waals surface area contributed by atoms with E-state index in [-0.39, 0.29) is 6.01 Å². The molecule has 4 rings (SSSR count). The van der Waals surface area contributed by atoms with E-state index in [9.17, 15) is 20.4 Å². The number of benzene rings is 2. The van der Waals surface area contributed by atoms with E-state index in [1.165, 1.54) is 0 Å². The molecule has 1 saturated heterocycles. The van der Waals surface area contributed by atoms with Crippen molar-refractivity contribution < 1.29 is 29.9 Å². The number of nitrogens with zero attached hydrogens (tertiary/aromatic N) is 2. The van der Waals surface area contributed by atoms with E-state index < -0.39 is 37.1 Å². The van der Waals surface area contributed by atoms with Gasteiger partial charge in [0.1, 0.15) is 36.3 Å². The number of hydrogen-bond donors (Lipinski definition) is 4. The largest absolute Gasteiger partial charge is 0.424 e. The molecule has 1 aliphatic rings. The molecule has 1 fully saturated rings. The van der Waals surface area contributed by atoms with Crippen molar-refractivity contribution in [1.29, 1.82) is 0 Å². The first-order valence-corrected chi connectivity index (χ1v) is 10.5. The molecule has 8 nitrogen and oxygen atoms in total. The van der Waals surface area contributed by atoms with E-state index in [2.05, 4.69) is 9.97 Å². The van der Waals surface area contributed by atoms with E-state index in [0.29, 0.717) is 22.8 Å². The molecule has 0 radical (unpaired) electrons. The summed E-state index contributed by atoms with van der Waals surface area (Å²) in [7, 11) is 0. The summed E-state index contributed by atoms with van der Waals surface area (Å²) >= 11 is 6.39. The molecule has 0 spiro atoms. The first-order chi connectivity index (χ1) is 15.5. The van der Waals surface area contributed by atoms with Crippen LogP contribution < -0.4 is 4.74 Å². The smallest absolute Gasteiger partial charge is 0.321 e. The highest BCUT2D eigenvalue weighted by Crippen LogP contribution is 2.34. The van der Waals surface area contributed by atoms with E-state index in [0.717, 1.165) is 11.1 Å². The van der Waals surface area contributed by atoms with Crippen molar-refractivity contribution in [2.24, 2.45) is 0 Å². The first kappa shape index (κ1) is 22.6. The van der Waals surface area contributed by atoms with Gasteiger partial charge in [-0.1, -0.05) is 35.9 Å². The molecular weight excluding hydrogens is 436 g/mol. The molecule has 0 amide bonds. The van der Waals surface area contributed by atoms with Crippen LogP contribution in [0, 0.1) is 0 Å². The third-order valence-corrected chi connectivity index (χ3v) is 5.73. The molecule has 9 heteroatoms. The number of rotatable bonds is 6. The van der Waals surface area contributed by atoms with Crippen LogP contribution in [-0.2, 0) is 11.2 Å². The molecule has 0 saturated carbocycles. The highest BCUT2D eigenvalue weighted by atomic mass is 35.5. The van der Waals surface area contributed by atoms with Gasteiger partial charge in [0.25, 0.3) is 0 Å². The van der Waals surface area contributed by atoms with E-state index in [1.807, 2.05) is 12.1 Å². The lowest BCUT2D eigenvalue weighted by molar-refractivity contribution is -0.231. The van der Waals surface area contributed by atoms with Gasteiger partial charge >= 0.3 is 6.01 Å². The molecule has 3 aromatic rings. The number of aliphatic hydroxyl groups excluding tert-OH is 4. The van der Waals surface area contributed by atoms with Gasteiger partial charge in [-0.05, 0) is 47.4 Å². The predicted octanol–water partition coefficient (Wildman–Crippen LogP) is 2.03. The van der Waals surface area contributed by atoms with Crippen molar-refractivity contribution in [2.75, 3.05) is 6.61 Å². The molecule has 2 aromatic carbocycles. The summed E-state index contributed by atoms with van der Waals surface area (Å²) in [5, 5.41) is 40.4. The molecule has 0 aliphatic carbocycles. The number of hydrogen-bond acceptors (Lipinski definition) is 8. The molecule has 5 atom stereocenters. The van der Waals surface area contributed by atoms with Crippen LogP contribution in [-0.4, -0.2) is 61.4 Å². The second-order valence-corrected chi connectivity index (χ2v) is 7.96. The second-order valence-electron chi connectivity index (χ2n) is 7.55. The van der Waals surface area contributed by atoms with Gasteiger partial charge in [0.15, 0.2) is 0 Å². The van der Waals surface area contributed by atoms with Gasteiger partial charge in [-0.3, -0.25) is 0 Å². The molecule has 1 aromatic heterocycles. The topological polar surface area (TPSA) is 125 Å². The van der Waals surface area contributed by atoms with E-state index in [1.54, 1.807) is 48.8 Å². The Bertz CT molecular complexity index is 1030. The Morgan fingerprint density at radius 1 is 0.938 bits per heavy atom. The summed E-state index contributed by atoms with van der Waals surface area (Å²) in [5.41, 5.74) is 2.35. The van der Waals surface area contributed by atoms with Gasteiger partial charge in [-0.25, -0.2) is 9.97 Å². The van der Waals surface area contributed by atoms with Crippen LogP contribution in [0.1, 0.15) is 22.8 Å². The molecule has 0 unspecified atom stereocenters. The average molecular weight is 459 g/mol. The molecule has 2 heterocycles. The summed E-state index contributed by atoms with van der Waals surface area (Å²) in [4.78, 5) is 8.05. The van der Waals surface area contributed by atoms with Crippen LogP contribution in [0.15, 0.2) is 60.9 Å². The minimum Gasteiger partial charge on any atom is -0.424 e. The zero-order valence-electron chi connectivity index (χ0n) is 17.0. The lowest BCUT2D eigenvalue weighted by atomic mass is 9.90. The third kappa shape index (κ3) is 4.91. The third-order valence-electron chi connectivity index (χ3n) is 5.36. The molecule has 1 aliphatic heterocycles. The second kappa shape index (κ2) is 9.91. The molecule has 32 heavy (non-hydrogen) atoms. The highest BCUT2D eigenvalue weighted by Gasteiger charge is 2.44. The van der Waals surface area contributed by atoms with Crippen LogP contribution in [0.5, 0.6) is 11.8 Å². The number of aromatic nitrogens is 2. The summed E-state index contributed by atoms with van der Waals surface area (Å²) in [6, 6.07) is 14.5. The van der Waals surface area contributed by atoms with Gasteiger partial charge in [-0.2, -0.15) is 0 Å². The van der Waals surface area contributed by atoms with Gasteiger partial charge < -0.3 is 29.9 Å². The Balaban J connectivity index is 1.50. The Morgan fingerprint density at radius 3 is 2.34 bits per heavy atom.